The van der Waals surface area contributed by atoms with E-state index in [1.165, 1.54) is 12.1 Å². The van der Waals surface area contributed by atoms with Crippen LogP contribution in [0.5, 0.6) is 5.88 Å². The maximum absolute atomic E-state index is 13.6. The third-order valence-electron chi connectivity index (χ3n) is 6.22. The number of pyridine rings is 2. The van der Waals surface area contributed by atoms with Gasteiger partial charge in [0.1, 0.15) is 5.82 Å². The molecule has 5 rings (SSSR count). The second-order valence-corrected chi connectivity index (χ2v) is 8.42. The second-order valence-electron chi connectivity index (χ2n) is 8.42. The summed E-state index contributed by atoms with van der Waals surface area (Å²) in [6, 6.07) is 6.95. The third kappa shape index (κ3) is 3.66. The Balaban J connectivity index is 1.37. The van der Waals surface area contributed by atoms with Crippen LogP contribution >= 0.6 is 0 Å². The van der Waals surface area contributed by atoms with Crippen molar-refractivity contribution in [2.24, 2.45) is 5.92 Å². The molecule has 1 amide bonds. The molecule has 2 aliphatic rings. The van der Waals surface area contributed by atoms with E-state index in [1.54, 1.807) is 10.9 Å². The van der Waals surface area contributed by atoms with Gasteiger partial charge < -0.3 is 9.64 Å². The summed E-state index contributed by atoms with van der Waals surface area (Å²) in [7, 11) is 0. The fraction of sp³-hybridized carbons (Fsp3) is 0.391. The number of carbonyl (C=O) groups excluding carboxylic acids is 1. The zero-order valence-electron chi connectivity index (χ0n) is 17.5. The van der Waals surface area contributed by atoms with E-state index in [-0.39, 0.29) is 23.9 Å². The van der Waals surface area contributed by atoms with Crippen LogP contribution in [-0.4, -0.2) is 49.2 Å². The average molecular weight is 421 g/mol. The van der Waals surface area contributed by atoms with Gasteiger partial charge in [-0.05, 0) is 56.9 Å². The molecule has 2 aliphatic heterocycles. The first-order valence-electron chi connectivity index (χ1n) is 10.6. The van der Waals surface area contributed by atoms with Gasteiger partial charge in [-0.15, -0.1) is 0 Å². The van der Waals surface area contributed by atoms with Crippen molar-refractivity contribution in [2.45, 2.75) is 45.2 Å². The molecule has 2 fully saturated rings. The van der Waals surface area contributed by atoms with Crippen LogP contribution in [0.2, 0.25) is 0 Å². The highest BCUT2D eigenvalue weighted by atomic mass is 19.1. The molecule has 3 unspecified atom stereocenters. The maximum Gasteiger partial charge on any atom is 0.275 e. The minimum absolute atomic E-state index is 0.0539. The molecule has 7 nitrogen and oxygen atoms in total. The number of amides is 1. The first-order valence-corrected chi connectivity index (χ1v) is 10.6. The number of hydrogen-bond acceptors (Lipinski definition) is 5. The molecule has 3 atom stereocenters. The summed E-state index contributed by atoms with van der Waals surface area (Å²) >= 11 is 0. The van der Waals surface area contributed by atoms with Crippen molar-refractivity contribution in [1.82, 2.24) is 24.6 Å². The van der Waals surface area contributed by atoms with Gasteiger partial charge in [0.15, 0.2) is 5.69 Å². The van der Waals surface area contributed by atoms with Crippen molar-refractivity contribution in [3.63, 3.8) is 0 Å². The van der Waals surface area contributed by atoms with Crippen LogP contribution in [0.3, 0.4) is 0 Å². The van der Waals surface area contributed by atoms with Crippen LogP contribution in [-0.2, 0) is 0 Å². The number of rotatable bonds is 5. The van der Waals surface area contributed by atoms with Gasteiger partial charge in [0, 0.05) is 36.0 Å². The summed E-state index contributed by atoms with van der Waals surface area (Å²) in [4.78, 5) is 24.2. The van der Waals surface area contributed by atoms with Crippen molar-refractivity contribution in [3.05, 3.63) is 65.6 Å². The Hall–Kier alpha value is -3.29. The highest BCUT2D eigenvalue weighted by Crippen LogP contribution is 2.43. The number of aryl methyl sites for hydroxylation is 2. The summed E-state index contributed by atoms with van der Waals surface area (Å²) in [6.45, 7) is 4.31. The molecule has 0 N–H and O–H groups in total. The highest BCUT2D eigenvalue weighted by molar-refractivity contribution is 5.96. The van der Waals surface area contributed by atoms with Gasteiger partial charge in [0.25, 0.3) is 5.91 Å². The zero-order chi connectivity index (χ0) is 21.5. The van der Waals surface area contributed by atoms with Crippen LogP contribution in [0.25, 0.3) is 5.69 Å². The fourth-order valence-electron chi connectivity index (χ4n) is 4.81. The lowest BCUT2D eigenvalue weighted by Crippen LogP contribution is -2.38. The Morgan fingerprint density at radius 2 is 2.06 bits per heavy atom. The van der Waals surface area contributed by atoms with Crippen LogP contribution in [0.15, 0.2) is 42.9 Å². The monoisotopic (exact) mass is 421 g/mol. The summed E-state index contributed by atoms with van der Waals surface area (Å²) in [5, 5.41) is 4.38. The van der Waals surface area contributed by atoms with E-state index < -0.39 is 5.82 Å². The number of fused-ring (bicyclic) bond motifs is 2. The molecule has 0 radical (unpaired) electrons. The Morgan fingerprint density at radius 3 is 2.81 bits per heavy atom. The smallest absolute Gasteiger partial charge is 0.275 e. The molecular formula is C23H24FN5O2. The van der Waals surface area contributed by atoms with Gasteiger partial charge in [0.2, 0.25) is 5.88 Å². The van der Waals surface area contributed by atoms with Crippen molar-refractivity contribution < 1.29 is 13.9 Å². The van der Waals surface area contributed by atoms with E-state index in [2.05, 4.69) is 15.1 Å². The number of carbonyl (C=O) groups is 1. The first kappa shape index (κ1) is 19.7. The van der Waals surface area contributed by atoms with Gasteiger partial charge >= 0.3 is 0 Å². The van der Waals surface area contributed by atoms with Gasteiger partial charge in [-0.1, -0.05) is 0 Å². The molecule has 0 saturated carbocycles. The summed E-state index contributed by atoms with van der Waals surface area (Å²) < 4.78 is 20.6. The van der Waals surface area contributed by atoms with E-state index in [9.17, 15) is 9.18 Å². The van der Waals surface area contributed by atoms with Gasteiger partial charge in [-0.3, -0.25) is 4.79 Å². The van der Waals surface area contributed by atoms with E-state index in [1.807, 2.05) is 37.1 Å². The van der Waals surface area contributed by atoms with Crippen LogP contribution < -0.4 is 4.74 Å². The molecule has 0 aromatic carbocycles. The summed E-state index contributed by atoms with van der Waals surface area (Å²) in [5.41, 5.74) is 2.94. The van der Waals surface area contributed by atoms with E-state index >= 15 is 0 Å². The maximum atomic E-state index is 13.6. The lowest BCUT2D eigenvalue weighted by molar-refractivity contribution is 0.0703. The van der Waals surface area contributed by atoms with E-state index in [0.29, 0.717) is 23.9 Å². The Bertz CT molecular complexity index is 1110. The molecule has 0 aliphatic carbocycles. The lowest BCUT2D eigenvalue weighted by Gasteiger charge is -2.25. The third-order valence-corrected chi connectivity index (χ3v) is 6.22. The summed E-state index contributed by atoms with van der Waals surface area (Å²) in [6.07, 6.45) is 7.64. The highest BCUT2D eigenvalue weighted by Gasteiger charge is 2.49. The predicted molar refractivity (Wildman–Crippen MR) is 112 cm³/mol. The predicted octanol–water partition coefficient (Wildman–Crippen LogP) is 3.49. The molecular weight excluding hydrogens is 397 g/mol. The molecule has 2 saturated heterocycles. The average Bonchev–Trinajstić information content (AvgIpc) is 3.47. The molecule has 3 aromatic heterocycles. The number of halogens is 1. The molecule has 8 heteroatoms. The van der Waals surface area contributed by atoms with E-state index in [0.717, 1.165) is 36.7 Å². The number of nitrogens with zero attached hydrogens (tertiary/aromatic N) is 5. The first-order chi connectivity index (χ1) is 15.0. The van der Waals surface area contributed by atoms with E-state index in [4.69, 9.17) is 4.74 Å². The topological polar surface area (TPSA) is 73.1 Å². The largest absolute Gasteiger partial charge is 0.477 e. The minimum Gasteiger partial charge on any atom is -0.477 e. The van der Waals surface area contributed by atoms with Crippen molar-refractivity contribution in [1.29, 1.82) is 0 Å². The quantitative estimate of drug-likeness (QED) is 0.631. The Labute approximate surface area is 179 Å². The SMILES string of the molecule is Cc1cnn(-c2ccc(C)nc2C(=O)N2C3CCC2C(COc2ccc(F)cn2)C3)c1. The van der Waals surface area contributed by atoms with Gasteiger partial charge in [0.05, 0.1) is 24.7 Å². The van der Waals surface area contributed by atoms with Gasteiger partial charge in [-0.2, -0.15) is 5.10 Å². The van der Waals surface area contributed by atoms with Gasteiger partial charge in [-0.25, -0.2) is 19.0 Å². The van der Waals surface area contributed by atoms with Crippen LogP contribution in [0.4, 0.5) is 4.39 Å². The Morgan fingerprint density at radius 1 is 1.19 bits per heavy atom. The van der Waals surface area contributed by atoms with Crippen molar-refractivity contribution in [2.75, 3.05) is 6.61 Å². The minimum atomic E-state index is -0.391. The molecule has 2 bridgehead atoms. The lowest BCUT2D eigenvalue weighted by atomic mass is 9.90. The van der Waals surface area contributed by atoms with Crippen LogP contribution in [0.1, 0.15) is 41.0 Å². The number of ether oxygens (including phenoxy) is 1. The molecule has 0 spiro atoms. The number of hydrogen-bond donors (Lipinski definition) is 0. The van der Waals surface area contributed by atoms with Crippen molar-refractivity contribution in [3.8, 4) is 11.6 Å². The van der Waals surface area contributed by atoms with Crippen molar-refractivity contribution >= 4 is 5.91 Å². The Kier molecular flexibility index (Phi) is 4.92. The summed E-state index contributed by atoms with van der Waals surface area (Å²) in [5.74, 6) is 0.174. The molecule has 160 valence electrons. The number of aromatic nitrogens is 4. The zero-order valence-corrected chi connectivity index (χ0v) is 17.5. The second kappa shape index (κ2) is 7.76. The standard InChI is InChI=1S/C23H24FN5O2/c1-14-10-26-28(12-14)20-6-3-15(2)27-22(20)23(30)29-18-5-7-19(29)16(9-18)13-31-21-8-4-17(24)11-25-21/h3-4,6,8,10-12,16,18-19H,5,7,9,13H2,1-2H3. The molecule has 3 aromatic rings. The van der Waals surface area contributed by atoms with Crippen LogP contribution in [0, 0.1) is 25.6 Å². The molecule has 31 heavy (non-hydrogen) atoms. The fourth-order valence-corrected chi connectivity index (χ4v) is 4.81. The normalized spacial score (nSPS) is 22.2. The molecule has 5 heterocycles.